The summed E-state index contributed by atoms with van der Waals surface area (Å²) in [5.41, 5.74) is 1.77. The van der Waals surface area contributed by atoms with Crippen LogP contribution in [0.15, 0.2) is 24.3 Å². The van der Waals surface area contributed by atoms with Gasteiger partial charge in [0.15, 0.2) is 0 Å². The van der Waals surface area contributed by atoms with Crippen molar-refractivity contribution >= 4 is 17.6 Å². The molecule has 1 atom stereocenters. The highest BCUT2D eigenvalue weighted by molar-refractivity contribution is 5.88. The maximum absolute atomic E-state index is 11.3. The molecule has 1 aromatic rings. The number of likely N-dealkylation sites (tertiary alicyclic amines) is 1. The Hall–Kier alpha value is -1.88. The van der Waals surface area contributed by atoms with Gasteiger partial charge in [0.05, 0.1) is 0 Å². The lowest BCUT2D eigenvalue weighted by Gasteiger charge is -2.32. The van der Waals surface area contributed by atoms with E-state index in [9.17, 15) is 14.7 Å². The Morgan fingerprint density at radius 3 is 2.90 bits per heavy atom. The second-order valence-electron chi connectivity index (χ2n) is 5.20. The van der Waals surface area contributed by atoms with Crippen LogP contribution < -0.4 is 5.32 Å². The third-order valence-electron chi connectivity index (χ3n) is 3.53. The third kappa shape index (κ3) is 3.81. The van der Waals surface area contributed by atoms with Gasteiger partial charge in [0.1, 0.15) is 6.04 Å². The van der Waals surface area contributed by atoms with E-state index in [1.165, 1.54) is 6.92 Å². The molecule has 1 aliphatic heterocycles. The highest BCUT2D eigenvalue weighted by Gasteiger charge is 2.28. The van der Waals surface area contributed by atoms with Gasteiger partial charge in [-0.25, -0.2) is 0 Å². The van der Waals surface area contributed by atoms with E-state index < -0.39 is 12.0 Å². The average molecular weight is 276 g/mol. The number of anilines is 1. The normalized spacial score (nSPS) is 19.6. The van der Waals surface area contributed by atoms with E-state index in [-0.39, 0.29) is 5.91 Å². The molecular weight excluding hydrogens is 256 g/mol. The van der Waals surface area contributed by atoms with Gasteiger partial charge < -0.3 is 10.4 Å². The molecule has 1 amide bonds. The summed E-state index contributed by atoms with van der Waals surface area (Å²) in [6, 6.07) is 7.16. The molecule has 1 saturated heterocycles. The van der Waals surface area contributed by atoms with Crippen molar-refractivity contribution in [2.24, 2.45) is 0 Å². The number of carbonyl (C=O) groups is 2. The average Bonchev–Trinajstić information content (AvgIpc) is 2.38. The quantitative estimate of drug-likeness (QED) is 0.883. The van der Waals surface area contributed by atoms with Crippen LogP contribution in [0.2, 0.25) is 0 Å². The number of benzene rings is 1. The Morgan fingerprint density at radius 1 is 1.40 bits per heavy atom. The van der Waals surface area contributed by atoms with Crippen molar-refractivity contribution in [2.75, 3.05) is 11.9 Å². The van der Waals surface area contributed by atoms with Crippen LogP contribution in [0, 0.1) is 0 Å². The minimum absolute atomic E-state index is 0.108. The second-order valence-corrected chi connectivity index (χ2v) is 5.20. The van der Waals surface area contributed by atoms with Gasteiger partial charge in [-0.15, -0.1) is 0 Å². The first kappa shape index (κ1) is 14.5. The van der Waals surface area contributed by atoms with Crippen molar-refractivity contribution in [3.8, 4) is 0 Å². The molecule has 1 heterocycles. The highest BCUT2D eigenvalue weighted by atomic mass is 16.4. The SMILES string of the molecule is CC(=O)Nc1cccc(CN2CCCCC2C(=O)O)c1. The molecule has 1 aromatic carbocycles. The highest BCUT2D eigenvalue weighted by Crippen LogP contribution is 2.21. The zero-order chi connectivity index (χ0) is 14.5. The topological polar surface area (TPSA) is 69.6 Å². The van der Waals surface area contributed by atoms with Crippen LogP contribution in [0.1, 0.15) is 31.7 Å². The van der Waals surface area contributed by atoms with E-state index in [1.54, 1.807) is 0 Å². The molecular formula is C15H20N2O3. The van der Waals surface area contributed by atoms with Gasteiger partial charge in [-0.1, -0.05) is 18.6 Å². The molecule has 0 aromatic heterocycles. The Balaban J connectivity index is 2.08. The number of carboxylic acid groups (broad SMARTS) is 1. The lowest BCUT2D eigenvalue weighted by Crippen LogP contribution is -2.43. The van der Waals surface area contributed by atoms with Crippen LogP contribution in [-0.2, 0) is 16.1 Å². The van der Waals surface area contributed by atoms with Crippen molar-refractivity contribution in [1.82, 2.24) is 4.90 Å². The van der Waals surface area contributed by atoms with E-state index in [0.717, 1.165) is 30.6 Å². The van der Waals surface area contributed by atoms with E-state index in [0.29, 0.717) is 13.0 Å². The molecule has 0 aliphatic carbocycles. The van der Waals surface area contributed by atoms with Crippen LogP contribution in [-0.4, -0.2) is 34.5 Å². The van der Waals surface area contributed by atoms with Gasteiger partial charge in [-0.2, -0.15) is 0 Å². The van der Waals surface area contributed by atoms with Gasteiger partial charge in [0, 0.05) is 19.2 Å². The molecule has 1 aliphatic rings. The summed E-state index contributed by atoms with van der Waals surface area (Å²) in [5.74, 6) is -0.855. The van der Waals surface area contributed by atoms with Crippen molar-refractivity contribution in [2.45, 2.75) is 38.8 Å². The van der Waals surface area contributed by atoms with Crippen molar-refractivity contribution in [3.05, 3.63) is 29.8 Å². The number of carbonyl (C=O) groups excluding carboxylic acids is 1. The summed E-state index contributed by atoms with van der Waals surface area (Å²) < 4.78 is 0. The zero-order valence-corrected chi connectivity index (χ0v) is 11.6. The predicted molar refractivity (Wildman–Crippen MR) is 76.4 cm³/mol. The van der Waals surface area contributed by atoms with Gasteiger partial charge in [-0.3, -0.25) is 14.5 Å². The molecule has 5 nitrogen and oxygen atoms in total. The molecule has 20 heavy (non-hydrogen) atoms. The van der Waals surface area contributed by atoms with Gasteiger partial charge >= 0.3 is 5.97 Å². The zero-order valence-electron chi connectivity index (χ0n) is 11.6. The molecule has 1 fully saturated rings. The molecule has 0 spiro atoms. The molecule has 5 heteroatoms. The first-order chi connectivity index (χ1) is 9.56. The molecule has 0 radical (unpaired) electrons. The Bertz CT molecular complexity index is 502. The number of nitrogens with one attached hydrogen (secondary N) is 1. The van der Waals surface area contributed by atoms with E-state index >= 15 is 0 Å². The van der Waals surface area contributed by atoms with Crippen molar-refractivity contribution in [1.29, 1.82) is 0 Å². The summed E-state index contributed by atoms with van der Waals surface area (Å²) in [6.07, 6.45) is 2.72. The number of nitrogens with zero attached hydrogens (tertiary/aromatic N) is 1. The van der Waals surface area contributed by atoms with Crippen LogP contribution in [0.25, 0.3) is 0 Å². The fourth-order valence-corrected chi connectivity index (χ4v) is 2.65. The standard InChI is InChI=1S/C15H20N2O3/c1-11(18)16-13-6-4-5-12(9-13)10-17-8-3-2-7-14(17)15(19)20/h4-6,9,14H,2-3,7-8,10H2,1H3,(H,16,18)(H,19,20). The minimum atomic E-state index is -0.747. The number of aliphatic carboxylic acids is 1. The number of hydrogen-bond acceptors (Lipinski definition) is 3. The maximum Gasteiger partial charge on any atom is 0.320 e. The van der Waals surface area contributed by atoms with E-state index in [2.05, 4.69) is 5.32 Å². The first-order valence-corrected chi connectivity index (χ1v) is 6.89. The van der Waals surface area contributed by atoms with Gasteiger partial charge in [0.25, 0.3) is 0 Å². The lowest BCUT2D eigenvalue weighted by molar-refractivity contribution is -0.144. The lowest BCUT2D eigenvalue weighted by atomic mass is 10.0. The number of rotatable bonds is 4. The fourth-order valence-electron chi connectivity index (χ4n) is 2.65. The largest absolute Gasteiger partial charge is 0.480 e. The van der Waals surface area contributed by atoms with Crippen molar-refractivity contribution < 1.29 is 14.7 Å². The minimum Gasteiger partial charge on any atom is -0.480 e. The Labute approximate surface area is 118 Å². The molecule has 0 saturated carbocycles. The number of piperidine rings is 1. The third-order valence-corrected chi connectivity index (χ3v) is 3.53. The summed E-state index contributed by atoms with van der Waals surface area (Å²) in [5, 5.41) is 12.0. The van der Waals surface area contributed by atoms with E-state index in [1.807, 2.05) is 29.2 Å². The van der Waals surface area contributed by atoms with Gasteiger partial charge in [-0.05, 0) is 37.1 Å². The number of hydrogen-bond donors (Lipinski definition) is 2. The molecule has 0 bridgehead atoms. The molecule has 1 unspecified atom stereocenters. The van der Waals surface area contributed by atoms with Crippen molar-refractivity contribution in [3.63, 3.8) is 0 Å². The van der Waals surface area contributed by atoms with Crippen LogP contribution in [0.3, 0.4) is 0 Å². The summed E-state index contributed by atoms with van der Waals surface area (Å²) in [4.78, 5) is 24.3. The smallest absolute Gasteiger partial charge is 0.320 e. The molecule has 108 valence electrons. The van der Waals surface area contributed by atoms with Crippen LogP contribution in [0.5, 0.6) is 0 Å². The van der Waals surface area contributed by atoms with E-state index in [4.69, 9.17) is 0 Å². The first-order valence-electron chi connectivity index (χ1n) is 6.89. The summed E-state index contributed by atoms with van der Waals surface area (Å²) >= 11 is 0. The van der Waals surface area contributed by atoms with Crippen LogP contribution in [0.4, 0.5) is 5.69 Å². The summed E-state index contributed by atoms with van der Waals surface area (Å²) in [7, 11) is 0. The fraction of sp³-hybridized carbons (Fsp3) is 0.467. The van der Waals surface area contributed by atoms with Gasteiger partial charge in [0.2, 0.25) is 5.91 Å². The van der Waals surface area contributed by atoms with Crippen LogP contribution >= 0.6 is 0 Å². The summed E-state index contributed by atoms with van der Waals surface area (Å²) in [6.45, 7) is 2.88. The Kier molecular flexibility index (Phi) is 4.74. The molecule has 2 rings (SSSR count). The molecule has 2 N–H and O–H groups in total. The monoisotopic (exact) mass is 276 g/mol. The predicted octanol–water partition coefficient (Wildman–Crippen LogP) is 2.08. The maximum atomic E-state index is 11.3. The Morgan fingerprint density at radius 2 is 2.20 bits per heavy atom. The second kappa shape index (κ2) is 6.52. The number of amides is 1. The number of carboxylic acids is 1.